The van der Waals surface area contributed by atoms with Crippen LogP contribution in [0.25, 0.3) is 0 Å². The molecule has 0 aromatic carbocycles. The molecule has 2 aromatic heterocycles. The average molecular weight is 385 g/mol. The van der Waals surface area contributed by atoms with Crippen molar-refractivity contribution in [2.45, 2.75) is 39.8 Å². The first-order valence-electron chi connectivity index (χ1n) is 9.63. The Labute approximate surface area is 164 Å². The van der Waals surface area contributed by atoms with Gasteiger partial charge in [0, 0.05) is 56.7 Å². The van der Waals surface area contributed by atoms with Crippen LogP contribution in [0.4, 0.5) is 5.82 Å². The summed E-state index contributed by atoms with van der Waals surface area (Å²) in [5.74, 6) is 0.569. The molecule has 0 spiro atoms. The number of nitrogens with zero attached hydrogens (tertiary/aromatic N) is 5. The molecule has 150 valence electrons. The first kappa shape index (κ1) is 19.9. The number of pyridine rings is 1. The molecule has 0 aliphatic carbocycles. The monoisotopic (exact) mass is 385 g/mol. The molecule has 1 aliphatic rings. The van der Waals surface area contributed by atoms with Gasteiger partial charge in [0.25, 0.3) is 11.5 Å². The van der Waals surface area contributed by atoms with Crippen LogP contribution in [-0.4, -0.2) is 51.1 Å². The second-order valence-electron chi connectivity index (χ2n) is 7.57. The summed E-state index contributed by atoms with van der Waals surface area (Å²) < 4.78 is 2.95. The maximum absolute atomic E-state index is 12.9. The lowest BCUT2D eigenvalue weighted by atomic mass is 10.2. The van der Waals surface area contributed by atoms with Crippen molar-refractivity contribution in [2.24, 2.45) is 0 Å². The molecule has 0 bridgehead atoms. The van der Waals surface area contributed by atoms with E-state index in [4.69, 9.17) is 0 Å². The summed E-state index contributed by atoms with van der Waals surface area (Å²) in [4.78, 5) is 45.9. The standard InChI is InChI=1S/C20H27N5O3/c1-14(2)24-17(12-18(26)25(15(3)4)20(24)28)22-8-10-23(11-9-22)19(27)16-6-5-7-21-13-16/h5-7,12-15H,8-11H2,1-4H3. The molecule has 3 rings (SSSR count). The smallest absolute Gasteiger partial charge is 0.333 e. The number of piperazine rings is 1. The predicted octanol–water partition coefficient (Wildman–Crippen LogP) is 1.53. The number of carbonyl (C=O) groups excluding carboxylic acids is 1. The molecule has 0 atom stereocenters. The summed E-state index contributed by atoms with van der Waals surface area (Å²) in [6.45, 7) is 9.68. The Morgan fingerprint density at radius 3 is 2.18 bits per heavy atom. The van der Waals surface area contributed by atoms with Crippen molar-refractivity contribution in [3.05, 3.63) is 57.0 Å². The van der Waals surface area contributed by atoms with E-state index in [1.165, 1.54) is 4.57 Å². The van der Waals surface area contributed by atoms with E-state index in [9.17, 15) is 14.4 Å². The minimum atomic E-state index is -0.291. The fraction of sp³-hybridized carbons (Fsp3) is 0.500. The van der Waals surface area contributed by atoms with Crippen molar-refractivity contribution in [2.75, 3.05) is 31.1 Å². The zero-order valence-electron chi connectivity index (χ0n) is 16.8. The van der Waals surface area contributed by atoms with E-state index < -0.39 is 0 Å². The molecule has 1 aliphatic heterocycles. The van der Waals surface area contributed by atoms with Crippen molar-refractivity contribution < 1.29 is 4.79 Å². The van der Waals surface area contributed by atoms with Gasteiger partial charge in [0.2, 0.25) is 0 Å². The second kappa shape index (κ2) is 8.00. The van der Waals surface area contributed by atoms with Gasteiger partial charge in [0.05, 0.1) is 5.56 Å². The largest absolute Gasteiger partial charge is 0.354 e. The molecule has 0 radical (unpaired) electrons. The molecular formula is C20H27N5O3. The first-order chi connectivity index (χ1) is 13.3. The summed E-state index contributed by atoms with van der Waals surface area (Å²) in [6, 6.07) is 4.76. The minimum Gasteiger partial charge on any atom is -0.354 e. The normalized spacial score (nSPS) is 14.8. The highest BCUT2D eigenvalue weighted by Crippen LogP contribution is 2.18. The van der Waals surface area contributed by atoms with Gasteiger partial charge in [-0.2, -0.15) is 0 Å². The summed E-state index contributed by atoms with van der Waals surface area (Å²) >= 11 is 0. The van der Waals surface area contributed by atoms with Gasteiger partial charge in [0.1, 0.15) is 5.82 Å². The quantitative estimate of drug-likeness (QED) is 0.797. The van der Waals surface area contributed by atoms with E-state index in [-0.39, 0.29) is 29.2 Å². The average Bonchev–Trinajstić information content (AvgIpc) is 2.67. The van der Waals surface area contributed by atoms with Crippen LogP contribution in [0, 0.1) is 0 Å². The fourth-order valence-corrected chi connectivity index (χ4v) is 3.57. The second-order valence-corrected chi connectivity index (χ2v) is 7.57. The molecule has 1 saturated heterocycles. The maximum atomic E-state index is 12.9. The van der Waals surface area contributed by atoms with E-state index >= 15 is 0 Å². The fourth-order valence-electron chi connectivity index (χ4n) is 3.57. The first-order valence-corrected chi connectivity index (χ1v) is 9.63. The third-order valence-electron chi connectivity index (χ3n) is 4.98. The summed E-state index contributed by atoms with van der Waals surface area (Å²) in [5.41, 5.74) is -0.0169. The van der Waals surface area contributed by atoms with Gasteiger partial charge < -0.3 is 9.80 Å². The van der Waals surface area contributed by atoms with Crippen LogP contribution in [0.3, 0.4) is 0 Å². The van der Waals surface area contributed by atoms with E-state index in [0.717, 1.165) is 0 Å². The molecular weight excluding hydrogens is 358 g/mol. The molecule has 1 fully saturated rings. The van der Waals surface area contributed by atoms with E-state index in [2.05, 4.69) is 4.98 Å². The van der Waals surface area contributed by atoms with Gasteiger partial charge in [-0.25, -0.2) is 4.79 Å². The minimum absolute atomic E-state index is 0.0516. The van der Waals surface area contributed by atoms with Gasteiger partial charge in [-0.15, -0.1) is 0 Å². The van der Waals surface area contributed by atoms with Crippen LogP contribution < -0.4 is 16.1 Å². The molecule has 0 saturated carbocycles. The molecule has 8 heteroatoms. The number of anilines is 1. The summed E-state index contributed by atoms with van der Waals surface area (Å²) in [7, 11) is 0. The van der Waals surface area contributed by atoms with Crippen molar-refractivity contribution in [1.82, 2.24) is 19.0 Å². The Bertz CT molecular complexity index is 954. The lowest BCUT2D eigenvalue weighted by Crippen LogP contribution is -2.51. The van der Waals surface area contributed by atoms with Crippen LogP contribution in [0.15, 0.2) is 40.2 Å². The maximum Gasteiger partial charge on any atom is 0.333 e. The topological polar surface area (TPSA) is 80.4 Å². The molecule has 8 nitrogen and oxygen atoms in total. The highest BCUT2D eigenvalue weighted by molar-refractivity contribution is 5.94. The molecule has 28 heavy (non-hydrogen) atoms. The van der Waals surface area contributed by atoms with Crippen molar-refractivity contribution in [3.8, 4) is 0 Å². The third-order valence-corrected chi connectivity index (χ3v) is 4.98. The van der Waals surface area contributed by atoms with E-state index in [1.807, 2.05) is 32.6 Å². The molecule has 1 amide bonds. The number of hydrogen-bond donors (Lipinski definition) is 0. The molecule has 3 heterocycles. The number of hydrogen-bond acceptors (Lipinski definition) is 5. The SMILES string of the molecule is CC(C)n1c(N2CCN(C(=O)c3cccnc3)CC2)cc(=O)n(C(C)C)c1=O. The van der Waals surface area contributed by atoms with Crippen molar-refractivity contribution in [3.63, 3.8) is 0 Å². The van der Waals surface area contributed by atoms with Crippen molar-refractivity contribution in [1.29, 1.82) is 0 Å². The molecule has 0 unspecified atom stereocenters. The lowest BCUT2D eigenvalue weighted by Gasteiger charge is -2.37. The number of rotatable bonds is 4. The van der Waals surface area contributed by atoms with Crippen LogP contribution in [0.1, 0.15) is 50.1 Å². The predicted molar refractivity (Wildman–Crippen MR) is 108 cm³/mol. The lowest BCUT2D eigenvalue weighted by molar-refractivity contribution is 0.0745. The van der Waals surface area contributed by atoms with Crippen LogP contribution in [-0.2, 0) is 0 Å². The Morgan fingerprint density at radius 1 is 1.00 bits per heavy atom. The Balaban J connectivity index is 1.85. The zero-order valence-corrected chi connectivity index (χ0v) is 16.8. The van der Waals surface area contributed by atoms with E-state index in [0.29, 0.717) is 37.6 Å². The number of carbonyl (C=O) groups is 1. The highest BCUT2D eigenvalue weighted by atomic mass is 16.2. The van der Waals surface area contributed by atoms with Gasteiger partial charge in [0.15, 0.2) is 0 Å². The van der Waals surface area contributed by atoms with Gasteiger partial charge in [-0.1, -0.05) is 0 Å². The third kappa shape index (κ3) is 3.72. The molecule has 0 N–H and O–H groups in total. The summed E-state index contributed by atoms with van der Waals surface area (Å²) in [5, 5.41) is 0. The van der Waals surface area contributed by atoms with Crippen LogP contribution >= 0.6 is 0 Å². The molecule has 2 aromatic rings. The zero-order chi connectivity index (χ0) is 20.4. The van der Waals surface area contributed by atoms with Gasteiger partial charge >= 0.3 is 5.69 Å². The van der Waals surface area contributed by atoms with E-state index in [1.54, 1.807) is 40.1 Å². The summed E-state index contributed by atoms with van der Waals surface area (Å²) in [6.07, 6.45) is 3.20. The number of amides is 1. The van der Waals surface area contributed by atoms with Gasteiger partial charge in [-0.3, -0.25) is 23.7 Å². The van der Waals surface area contributed by atoms with Crippen LogP contribution in [0.2, 0.25) is 0 Å². The highest BCUT2D eigenvalue weighted by Gasteiger charge is 2.26. The van der Waals surface area contributed by atoms with Crippen molar-refractivity contribution >= 4 is 11.7 Å². The van der Waals surface area contributed by atoms with Gasteiger partial charge in [-0.05, 0) is 39.8 Å². The number of aromatic nitrogens is 3. The van der Waals surface area contributed by atoms with Crippen LogP contribution in [0.5, 0.6) is 0 Å². The Morgan fingerprint density at radius 2 is 1.64 bits per heavy atom. The Hall–Kier alpha value is -2.90. The Kier molecular flexibility index (Phi) is 5.67.